The minimum absolute atomic E-state index is 0.157. The molecule has 1 atom stereocenters. The van der Waals surface area contributed by atoms with Crippen LogP contribution >= 0.6 is 11.3 Å². The van der Waals surface area contributed by atoms with Crippen LogP contribution in [0, 0.1) is 0 Å². The van der Waals surface area contributed by atoms with Crippen LogP contribution < -0.4 is 9.62 Å². The van der Waals surface area contributed by atoms with E-state index in [1.807, 2.05) is 42.6 Å². The Bertz CT molecular complexity index is 1050. The summed E-state index contributed by atoms with van der Waals surface area (Å²) in [4.78, 5) is 13.7. The molecule has 1 amide bonds. The molecule has 2 heterocycles. The molecule has 2 aromatic carbocycles. The lowest BCUT2D eigenvalue weighted by atomic mass is 10.1. The molecule has 1 aromatic heterocycles. The van der Waals surface area contributed by atoms with Crippen molar-refractivity contribution >= 4 is 43.7 Å². The lowest BCUT2D eigenvalue weighted by molar-refractivity contribution is -0.120. The molecule has 0 bridgehead atoms. The van der Waals surface area contributed by atoms with Crippen LogP contribution in [-0.2, 0) is 14.8 Å². The van der Waals surface area contributed by atoms with Gasteiger partial charge in [-0.15, -0.1) is 11.3 Å². The molecule has 5 nitrogen and oxygen atoms in total. The normalized spacial score (nSPS) is 16.1. The van der Waals surface area contributed by atoms with E-state index in [1.54, 1.807) is 29.5 Å². The lowest BCUT2D eigenvalue weighted by Gasteiger charge is -2.20. The van der Waals surface area contributed by atoms with E-state index in [0.29, 0.717) is 11.1 Å². The zero-order valence-corrected chi connectivity index (χ0v) is 15.1. The molecule has 0 saturated heterocycles. The molecule has 128 valence electrons. The topological polar surface area (TPSA) is 66.5 Å². The lowest BCUT2D eigenvalue weighted by Crippen LogP contribution is -2.39. The Kier molecular flexibility index (Phi) is 3.77. The van der Waals surface area contributed by atoms with Gasteiger partial charge in [0.15, 0.2) is 0 Å². The van der Waals surface area contributed by atoms with Gasteiger partial charge in [0.05, 0.1) is 16.6 Å². The van der Waals surface area contributed by atoms with Gasteiger partial charge in [-0.2, -0.15) is 0 Å². The van der Waals surface area contributed by atoms with Crippen molar-refractivity contribution < 1.29 is 13.2 Å². The highest BCUT2D eigenvalue weighted by atomic mass is 32.2. The first-order valence-electron chi connectivity index (χ1n) is 7.86. The molecule has 3 aromatic rings. The molecule has 0 radical (unpaired) electrons. The molecule has 0 spiro atoms. The zero-order chi connectivity index (χ0) is 17.6. The Hall–Kier alpha value is -2.38. The summed E-state index contributed by atoms with van der Waals surface area (Å²) in [6, 6.07) is 14.3. The average Bonchev–Trinajstić information content (AvgIpc) is 3.19. The number of hydrogen-bond donors (Lipinski definition) is 1. The number of rotatable bonds is 4. The number of benzene rings is 2. The first-order chi connectivity index (χ1) is 12.0. The van der Waals surface area contributed by atoms with Crippen LogP contribution in [0.5, 0.6) is 0 Å². The van der Waals surface area contributed by atoms with E-state index in [1.165, 1.54) is 4.31 Å². The van der Waals surface area contributed by atoms with E-state index >= 15 is 0 Å². The third kappa shape index (κ3) is 2.60. The van der Waals surface area contributed by atoms with Gasteiger partial charge in [0, 0.05) is 10.3 Å². The van der Waals surface area contributed by atoms with E-state index in [0.717, 1.165) is 10.3 Å². The van der Waals surface area contributed by atoms with Gasteiger partial charge in [-0.05, 0) is 35.9 Å². The zero-order valence-electron chi connectivity index (χ0n) is 13.5. The molecule has 25 heavy (non-hydrogen) atoms. The third-order valence-corrected chi connectivity index (χ3v) is 7.17. The van der Waals surface area contributed by atoms with Crippen LogP contribution in [0.25, 0.3) is 10.8 Å². The maximum absolute atomic E-state index is 12.9. The van der Waals surface area contributed by atoms with E-state index in [9.17, 15) is 13.2 Å². The van der Waals surface area contributed by atoms with Gasteiger partial charge in [0.1, 0.15) is 6.54 Å². The monoisotopic (exact) mass is 372 g/mol. The van der Waals surface area contributed by atoms with E-state index < -0.39 is 10.0 Å². The summed E-state index contributed by atoms with van der Waals surface area (Å²) in [5, 5.41) is 6.36. The van der Waals surface area contributed by atoms with Crippen molar-refractivity contribution in [2.45, 2.75) is 17.9 Å². The largest absolute Gasteiger partial charge is 0.347 e. The van der Waals surface area contributed by atoms with Gasteiger partial charge in [-0.25, -0.2) is 8.42 Å². The minimum Gasteiger partial charge on any atom is -0.347 e. The van der Waals surface area contributed by atoms with Gasteiger partial charge in [-0.3, -0.25) is 9.10 Å². The predicted molar refractivity (Wildman–Crippen MR) is 99.4 cm³/mol. The van der Waals surface area contributed by atoms with Gasteiger partial charge in [0.2, 0.25) is 5.91 Å². The molecular formula is C18H16N2O3S2. The maximum atomic E-state index is 12.9. The number of carbonyl (C=O) groups excluding carboxylic acids is 1. The second kappa shape index (κ2) is 5.86. The fourth-order valence-electron chi connectivity index (χ4n) is 3.15. The Morgan fingerprint density at radius 1 is 1.16 bits per heavy atom. The standard InChI is InChI=1S/C18H16N2O3S2/c1-12(15-8-4-10-24-15)19-17(21)11-20-14-7-2-5-13-6-3-9-16(18(13)14)25(20,22)23/h2-10,12H,11H2,1H3,(H,19,21)/t12-/m0/s1. The van der Waals surface area contributed by atoms with Crippen LogP contribution in [0.1, 0.15) is 17.8 Å². The maximum Gasteiger partial charge on any atom is 0.265 e. The van der Waals surface area contributed by atoms with Gasteiger partial charge in [0.25, 0.3) is 10.0 Å². The fourth-order valence-corrected chi connectivity index (χ4v) is 5.56. The van der Waals surface area contributed by atoms with Crippen LogP contribution in [0.15, 0.2) is 58.8 Å². The second-order valence-corrected chi connectivity index (χ2v) is 8.76. The average molecular weight is 372 g/mol. The van der Waals surface area contributed by atoms with Crippen molar-refractivity contribution in [1.29, 1.82) is 0 Å². The molecule has 0 saturated carbocycles. The summed E-state index contributed by atoms with van der Waals surface area (Å²) in [7, 11) is -3.71. The fraction of sp³-hybridized carbons (Fsp3) is 0.167. The number of carbonyl (C=O) groups is 1. The molecule has 7 heteroatoms. The van der Waals surface area contributed by atoms with Gasteiger partial charge < -0.3 is 5.32 Å². The smallest absolute Gasteiger partial charge is 0.265 e. The van der Waals surface area contributed by atoms with Crippen LogP contribution in [0.3, 0.4) is 0 Å². The van der Waals surface area contributed by atoms with Crippen molar-refractivity contribution in [3.8, 4) is 0 Å². The highest BCUT2D eigenvalue weighted by Gasteiger charge is 2.36. The number of amides is 1. The SMILES string of the molecule is C[C@H](NC(=O)CN1c2cccc3cccc(c23)S1(=O)=O)c1cccs1. The number of sulfonamides is 1. The van der Waals surface area contributed by atoms with Crippen molar-refractivity contribution in [2.24, 2.45) is 0 Å². The molecule has 4 rings (SSSR count). The highest BCUT2D eigenvalue weighted by molar-refractivity contribution is 7.93. The number of hydrogen-bond acceptors (Lipinski definition) is 4. The number of anilines is 1. The Morgan fingerprint density at radius 2 is 1.92 bits per heavy atom. The summed E-state index contributed by atoms with van der Waals surface area (Å²) in [6.07, 6.45) is 0. The van der Waals surface area contributed by atoms with Crippen molar-refractivity contribution in [3.05, 3.63) is 58.8 Å². The van der Waals surface area contributed by atoms with E-state index in [-0.39, 0.29) is 23.4 Å². The Labute approximate surface area is 149 Å². The Morgan fingerprint density at radius 3 is 2.64 bits per heavy atom. The summed E-state index contributed by atoms with van der Waals surface area (Å²) < 4.78 is 26.9. The van der Waals surface area contributed by atoms with Gasteiger partial charge in [-0.1, -0.05) is 30.3 Å². The van der Waals surface area contributed by atoms with Crippen molar-refractivity contribution in [1.82, 2.24) is 5.32 Å². The summed E-state index contributed by atoms with van der Waals surface area (Å²) >= 11 is 1.55. The third-order valence-electron chi connectivity index (χ3n) is 4.32. The quantitative estimate of drug-likeness (QED) is 0.764. The number of thiophene rings is 1. The molecule has 1 N–H and O–H groups in total. The molecule has 0 unspecified atom stereocenters. The first kappa shape index (κ1) is 16.1. The number of nitrogens with one attached hydrogen (secondary N) is 1. The number of nitrogens with zero attached hydrogens (tertiary/aromatic N) is 1. The van der Waals surface area contributed by atoms with Gasteiger partial charge >= 0.3 is 0 Å². The first-order valence-corrected chi connectivity index (χ1v) is 10.2. The van der Waals surface area contributed by atoms with Crippen LogP contribution in [0.4, 0.5) is 5.69 Å². The van der Waals surface area contributed by atoms with Crippen molar-refractivity contribution in [3.63, 3.8) is 0 Å². The highest BCUT2D eigenvalue weighted by Crippen LogP contribution is 2.41. The molecular weight excluding hydrogens is 356 g/mol. The minimum atomic E-state index is -3.71. The molecule has 1 aliphatic rings. The Balaban J connectivity index is 1.63. The second-order valence-electron chi connectivity index (χ2n) is 5.95. The molecule has 0 fully saturated rings. The molecule has 1 aliphatic heterocycles. The summed E-state index contributed by atoms with van der Waals surface area (Å²) in [6.45, 7) is 1.66. The predicted octanol–water partition coefficient (Wildman–Crippen LogP) is 3.29. The summed E-state index contributed by atoms with van der Waals surface area (Å²) in [5.41, 5.74) is 0.562. The van der Waals surface area contributed by atoms with E-state index in [2.05, 4.69) is 5.32 Å². The van der Waals surface area contributed by atoms with Crippen molar-refractivity contribution in [2.75, 3.05) is 10.8 Å². The summed E-state index contributed by atoms with van der Waals surface area (Å²) in [5.74, 6) is -0.325. The van der Waals surface area contributed by atoms with E-state index in [4.69, 9.17) is 0 Å². The van der Waals surface area contributed by atoms with Crippen LogP contribution in [0.2, 0.25) is 0 Å². The van der Waals surface area contributed by atoms with Crippen LogP contribution in [-0.4, -0.2) is 20.9 Å². The molecule has 0 aliphatic carbocycles.